The van der Waals surface area contributed by atoms with Crippen LogP contribution in [0.5, 0.6) is 0 Å². The minimum atomic E-state index is -3.67. The first-order valence-electron chi connectivity index (χ1n) is 5.43. The number of methoxy groups -OCH3 is 1. The predicted molar refractivity (Wildman–Crippen MR) is 73.3 cm³/mol. The largest absolute Gasteiger partial charge is 0.383 e. The lowest BCUT2D eigenvalue weighted by Crippen LogP contribution is -2.37. The van der Waals surface area contributed by atoms with Crippen LogP contribution in [-0.2, 0) is 14.8 Å². The maximum atomic E-state index is 12.3. The second-order valence-electron chi connectivity index (χ2n) is 3.97. The van der Waals surface area contributed by atoms with Gasteiger partial charge in [0.2, 0.25) is 10.0 Å². The number of nitrogens with zero attached hydrogens (tertiary/aromatic N) is 2. The summed E-state index contributed by atoms with van der Waals surface area (Å²) in [7, 11) is -0.685. The van der Waals surface area contributed by atoms with Gasteiger partial charge in [0.05, 0.1) is 11.6 Å². The van der Waals surface area contributed by atoms with E-state index in [-0.39, 0.29) is 21.8 Å². The Kier molecular flexibility index (Phi) is 5.50. The fourth-order valence-corrected chi connectivity index (χ4v) is 3.02. The molecule has 0 fully saturated rings. The van der Waals surface area contributed by atoms with Gasteiger partial charge in [-0.1, -0.05) is 11.6 Å². The summed E-state index contributed by atoms with van der Waals surface area (Å²) >= 11 is 5.87. The standard InChI is InChI=1S/C10H17ClN4O3S/c1-7(6-18-3)15(2)19(16,17)8-4-9(11)10(14-12)13-5-8/h4-5,7H,6,12H2,1-3H3,(H,13,14). The van der Waals surface area contributed by atoms with Crippen molar-refractivity contribution in [2.24, 2.45) is 5.84 Å². The topological polar surface area (TPSA) is 97.5 Å². The lowest BCUT2D eigenvalue weighted by atomic mass is 10.4. The molecule has 0 bridgehead atoms. The number of hydrogen-bond donors (Lipinski definition) is 2. The van der Waals surface area contributed by atoms with Crippen LogP contribution in [0.4, 0.5) is 5.82 Å². The van der Waals surface area contributed by atoms with Crippen molar-refractivity contribution in [2.75, 3.05) is 26.2 Å². The van der Waals surface area contributed by atoms with E-state index in [1.165, 1.54) is 30.7 Å². The summed E-state index contributed by atoms with van der Waals surface area (Å²) in [6.45, 7) is 2.03. The highest BCUT2D eigenvalue weighted by molar-refractivity contribution is 7.89. The Labute approximate surface area is 117 Å². The molecule has 19 heavy (non-hydrogen) atoms. The number of halogens is 1. The summed E-state index contributed by atoms with van der Waals surface area (Å²) < 4.78 is 30.8. The molecule has 0 aliphatic heterocycles. The van der Waals surface area contributed by atoms with Crippen LogP contribution in [-0.4, -0.2) is 44.5 Å². The fourth-order valence-electron chi connectivity index (χ4n) is 1.42. The molecular formula is C10H17ClN4O3S. The van der Waals surface area contributed by atoms with E-state index >= 15 is 0 Å². The fraction of sp³-hybridized carbons (Fsp3) is 0.500. The van der Waals surface area contributed by atoms with Crippen molar-refractivity contribution in [2.45, 2.75) is 17.9 Å². The molecule has 0 spiro atoms. The first-order chi connectivity index (χ1) is 8.84. The average Bonchev–Trinajstić information content (AvgIpc) is 2.37. The lowest BCUT2D eigenvalue weighted by Gasteiger charge is -2.23. The molecule has 1 unspecified atom stereocenters. The van der Waals surface area contributed by atoms with Gasteiger partial charge in [-0.25, -0.2) is 19.2 Å². The minimum Gasteiger partial charge on any atom is -0.383 e. The highest BCUT2D eigenvalue weighted by Crippen LogP contribution is 2.24. The zero-order valence-corrected chi connectivity index (χ0v) is 12.5. The summed E-state index contributed by atoms with van der Waals surface area (Å²) in [6, 6.07) is 0.996. The Morgan fingerprint density at radius 2 is 2.26 bits per heavy atom. The van der Waals surface area contributed by atoms with Crippen LogP contribution >= 0.6 is 11.6 Å². The van der Waals surface area contributed by atoms with Crippen molar-refractivity contribution in [3.63, 3.8) is 0 Å². The summed E-state index contributed by atoms with van der Waals surface area (Å²) in [6.07, 6.45) is 1.20. The van der Waals surface area contributed by atoms with Gasteiger partial charge in [0.25, 0.3) is 0 Å². The predicted octanol–water partition coefficient (Wildman–Crippen LogP) is 0.676. The van der Waals surface area contributed by atoms with E-state index in [2.05, 4.69) is 10.4 Å². The van der Waals surface area contributed by atoms with E-state index in [0.717, 1.165) is 0 Å². The Morgan fingerprint density at radius 3 is 2.74 bits per heavy atom. The zero-order valence-electron chi connectivity index (χ0n) is 10.9. The quantitative estimate of drug-likeness (QED) is 0.592. The molecule has 0 saturated carbocycles. The smallest absolute Gasteiger partial charge is 0.244 e. The summed E-state index contributed by atoms with van der Waals surface area (Å²) in [5, 5.41) is 0.136. The molecule has 0 aliphatic rings. The van der Waals surface area contributed by atoms with Crippen molar-refractivity contribution in [1.29, 1.82) is 0 Å². The van der Waals surface area contributed by atoms with Crippen LogP contribution < -0.4 is 11.3 Å². The highest BCUT2D eigenvalue weighted by atomic mass is 35.5. The molecule has 0 radical (unpaired) electrons. The molecule has 1 atom stereocenters. The number of hydrazine groups is 1. The maximum Gasteiger partial charge on any atom is 0.244 e. The highest BCUT2D eigenvalue weighted by Gasteiger charge is 2.26. The van der Waals surface area contributed by atoms with Gasteiger partial charge >= 0.3 is 0 Å². The van der Waals surface area contributed by atoms with Crippen molar-refractivity contribution >= 4 is 27.4 Å². The molecule has 7 nitrogen and oxygen atoms in total. The molecule has 1 heterocycles. The van der Waals surface area contributed by atoms with Gasteiger partial charge in [0.15, 0.2) is 5.82 Å². The van der Waals surface area contributed by atoms with Crippen LogP contribution in [0.1, 0.15) is 6.92 Å². The van der Waals surface area contributed by atoms with Crippen molar-refractivity contribution in [3.05, 3.63) is 17.3 Å². The molecule has 108 valence electrons. The van der Waals surface area contributed by atoms with Gasteiger partial charge < -0.3 is 10.2 Å². The van der Waals surface area contributed by atoms with Crippen LogP contribution in [0.25, 0.3) is 0 Å². The third kappa shape index (κ3) is 3.54. The number of hydrogen-bond acceptors (Lipinski definition) is 6. The van der Waals surface area contributed by atoms with Crippen LogP contribution in [0.15, 0.2) is 17.2 Å². The average molecular weight is 309 g/mol. The van der Waals surface area contributed by atoms with E-state index in [1.807, 2.05) is 0 Å². The zero-order chi connectivity index (χ0) is 14.6. The van der Waals surface area contributed by atoms with E-state index in [1.54, 1.807) is 6.92 Å². The molecule has 0 saturated heterocycles. The number of nitrogens with two attached hydrogens (primary N) is 1. The third-order valence-electron chi connectivity index (χ3n) is 2.66. The first-order valence-corrected chi connectivity index (χ1v) is 7.25. The van der Waals surface area contributed by atoms with Gasteiger partial charge in [-0.05, 0) is 13.0 Å². The second-order valence-corrected chi connectivity index (χ2v) is 6.38. The van der Waals surface area contributed by atoms with Crippen molar-refractivity contribution < 1.29 is 13.2 Å². The molecule has 1 rings (SSSR count). The van der Waals surface area contributed by atoms with Crippen LogP contribution in [0.3, 0.4) is 0 Å². The van der Waals surface area contributed by atoms with E-state index in [4.69, 9.17) is 22.2 Å². The second kappa shape index (κ2) is 6.49. The van der Waals surface area contributed by atoms with Crippen LogP contribution in [0.2, 0.25) is 5.02 Å². The number of aromatic nitrogens is 1. The van der Waals surface area contributed by atoms with Gasteiger partial charge in [0, 0.05) is 26.4 Å². The number of pyridine rings is 1. The van der Waals surface area contributed by atoms with Crippen LogP contribution in [0, 0.1) is 0 Å². The molecule has 1 aromatic rings. The number of anilines is 1. The molecule has 0 amide bonds. The van der Waals surface area contributed by atoms with Gasteiger partial charge in [-0.15, -0.1) is 0 Å². The number of nitrogen functional groups attached to an aromatic ring is 1. The minimum absolute atomic E-state index is 0.00181. The number of sulfonamides is 1. The molecule has 9 heteroatoms. The van der Waals surface area contributed by atoms with Crippen molar-refractivity contribution in [1.82, 2.24) is 9.29 Å². The first kappa shape index (κ1) is 16.1. The molecular weight excluding hydrogens is 292 g/mol. The van der Waals surface area contributed by atoms with E-state index in [0.29, 0.717) is 6.61 Å². The Morgan fingerprint density at radius 1 is 1.63 bits per heavy atom. The Bertz CT molecular complexity index is 538. The molecule has 0 aliphatic carbocycles. The lowest BCUT2D eigenvalue weighted by molar-refractivity contribution is 0.149. The summed E-state index contributed by atoms with van der Waals surface area (Å²) in [4.78, 5) is 3.85. The Hall–Kier alpha value is -0.930. The number of nitrogens with one attached hydrogen (secondary N) is 1. The van der Waals surface area contributed by atoms with Crippen molar-refractivity contribution in [3.8, 4) is 0 Å². The maximum absolute atomic E-state index is 12.3. The monoisotopic (exact) mass is 308 g/mol. The third-order valence-corrected chi connectivity index (χ3v) is 4.88. The number of rotatable bonds is 6. The van der Waals surface area contributed by atoms with Gasteiger partial charge in [0.1, 0.15) is 4.90 Å². The van der Waals surface area contributed by atoms with E-state index < -0.39 is 10.0 Å². The van der Waals surface area contributed by atoms with Gasteiger partial charge in [-0.2, -0.15) is 4.31 Å². The van der Waals surface area contributed by atoms with Gasteiger partial charge in [-0.3, -0.25) is 0 Å². The molecule has 0 aromatic carbocycles. The molecule has 3 N–H and O–H groups in total. The normalized spacial score (nSPS) is 13.6. The number of likely N-dealkylation sites (N-methyl/N-ethyl adjacent to an activating group) is 1. The molecule has 1 aromatic heterocycles. The number of ether oxygens (including phenoxy) is 1. The van der Waals surface area contributed by atoms with E-state index in [9.17, 15) is 8.42 Å². The Balaban J connectivity index is 3.10. The SMILES string of the molecule is COCC(C)N(C)S(=O)(=O)c1cnc(NN)c(Cl)c1. The summed E-state index contributed by atoms with van der Waals surface area (Å²) in [5.41, 5.74) is 2.27. The summed E-state index contributed by atoms with van der Waals surface area (Å²) in [5.74, 6) is 5.40.